The number of carboxylic acids is 1. The molecule has 0 bridgehead atoms. The van der Waals surface area contributed by atoms with Crippen molar-refractivity contribution in [2.24, 2.45) is 0 Å². The normalized spacial score (nSPS) is 11.1. The van der Waals surface area contributed by atoms with Crippen molar-refractivity contribution < 1.29 is 24.5 Å². The van der Waals surface area contributed by atoms with Crippen molar-refractivity contribution in [2.75, 3.05) is 0 Å². The highest BCUT2D eigenvalue weighted by Gasteiger charge is 2.23. The van der Waals surface area contributed by atoms with Crippen molar-refractivity contribution >= 4 is 39.3 Å². The number of aromatic hydroxyl groups is 1. The highest BCUT2D eigenvalue weighted by Crippen LogP contribution is 2.42. The molecule has 0 aliphatic rings. The summed E-state index contributed by atoms with van der Waals surface area (Å²) < 4.78 is 6.88. The molecule has 0 fully saturated rings. The van der Waals surface area contributed by atoms with E-state index in [1.807, 2.05) is 25.1 Å². The molecule has 0 saturated heterocycles. The quantitative estimate of drug-likeness (QED) is 0.288. The number of carboxylic acid groups (broad SMARTS) is 1. The minimum Gasteiger partial charge on any atom is -0.508 e. The van der Waals surface area contributed by atoms with Crippen LogP contribution in [0.4, 0.5) is 0 Å². The summed E-state index contributed by atoms with van der Waals surface area (Å²) in [6.45, 7) is 1.89. The number of ether oxygens (including phenoxy) is 1. The summed E-state index contributed by atoms with van der Waals surface area (Å²) in [6.07, 6.45) is 2.55. The number of ketones is 1. The predicted octanol–water partition coefficient (Wildman–Crippen LogP) is 6.04. The third-order valence-electron chi connectivity index (χ3n) is 4.74. The molecule has 0 aliphatic carbocycles. The number of carbonyl (C=O) groups is 2. The second kappa shape index (κ2) is 8.45. The van der Waals surface area contributed by atoms with Crippen LogP contribution in [-0.2, 0) is 4.79 Å². The van der Waals surface area contributed by atoms with Gasteiger partial charge in [-0.1, -0.05) is 36.4 Å². The Balaban J connectivity index is 1.76. The Labute approximate surface area is 182 Å². The molecule has 0 atom stereocenters. The standard InChI is InChI=1S/C25H18O5S/c1-15-4-2-3-5-19(15)23(29)25-24(20-12-9-17(26)14-21(20)31-25)30-18-10-6-16(7-11-18)8-13-22(27)28/h2-14,26H,1H3,(H,27,28)/b13-8+. The number of fused-ring (bicyclic) bond motifs is 1. The highest BCUT2D eigenvalue weighted by molar-refractivity contribution is 7.21. The number of hydrogen-bond donors (Lipinski definition) is 2. The first-order valence-electron chi connectivity index (χ1n) is 9.47. The molecule has 0 amide bonds. The molecule has 154 valence electrons. The van der Waals surface area contributed by atoms with Gasteiger partial charge in [0.2, 0.25) is 5.78 Å². The second-order valence-electron chi connectivity index (χ2n) is 6.93. The van der Waals surface area contributed by atoms with Crippen LogP contribution in [0.25, 0.3) is 16.2 Å². The Morgan fingerprint density at radius 3 is 2.45 bits per heavy atom. The summed E-state index contributed by atoms with van der Waals surface area (Å²) in [5.74, 6) is -0.103. The number of phenols is 1. The summed E-state index contributed by atoms with van der Waals surface area (Å²) in [5, 5.41) is 19.4. The van der Waals surface area contributed by atoms with E-state index in [0.29, 0.717) is 27.5 Å². The van der Waals surface area contributed by atoms with Crippen molar-refractivity contribution in [3.63, 3.8) is 0 Å². The molecule has 31 heavy (non-hydrogen) atoms. The van der Waals surface area contributed by atoms with Gasteiger partial charge in [-0.3, -0.25) is 4.79 Å². The van der Waals surface area contributed by atoms with E-state index in [1.54, 1.807) is 48.5 Å². The predicted molar refractivity (Wildman–Crippen MR) is 121 cm³/mol. The number of phenolic OH excluding ortho intramolecular Hbond substituents is 1. The fourth-order valence-corrected chi connectivity index (χ4v) is 4.31. The molecule has 2 N–H and O–H groups in total. The lowest BCUT2D eigenvalue weighted by molar-refractivity contribution is -0.131. The highest BCUT2D eigenvalue weighted by atomic mass is 32.1. The van der Waals surface area contributed by atoms with Gasteiger partial charge in [0.05, 0.1) is 0 Å². The van der Waals surface area contributed by atoms with Crippen molar-refractivity contribution in [3.8, 4) is 17.2 Å². The van der Waals surface area contributed by atoms with Gasteiger partial charge in [-0.2, -0.15) is 0 Å². The fraction of sp³-hybridized carbons (Fsp3) is 0.0400. The van der Waals surface area contributed by atoms with Crippen LogP contribution in [0.1, 0.15) is 26.4 Å². The van der Waals surface area contributed by atoms with E-state index in [9.17, 15) is 14.7 Å². The summed E-state index contributed by atoms with van der Waals surface area (Å²) in [5.41, 5.74) is 2.18. The van der Waals surface area contributed by atoms with Crippen molar-refractivity contribution in [3.05, 3.63) is 94.4 Å². The Morgan fingerprint density at radius 2 is 1.74 bits per heavy atom. The van der Waals surface area contributed by atoms with Crippen molar-refractivity contribution in [2.45, 2.75) is 6.92 Å². The number of hydrogen-bond acceptors (Lipinski definition) is 5. The maximum absolute atomic E-state index is 13.3. The Hall–Kier alpha value is -3.90. The van der Waals surface area contributed by atoms with Gasteiger partial charge in [0.1, 0.15) is 16.4 Å². The van der Waals surface area contributed by atoms with Gasteiger partial charge in [-0.05, 0) is 54.5 Å². The summed E-state index contributed by atoms with van der Waals surface area (Å²) >= 11 is 1.27. The smallest absolute Gasteiger partial charge is 0.328 e. The third-order valence-corrected chi connectivity index (χ3v) is 5.87. The molecule has 0 saturated carbocycles. The molecule has 6 heteroatoms. The van der Waals surface area contributed by atoms with Gasteiger partial charge in [0.15, 0.2) is 5.75 Å². The summed E-state index contributed by atoms with van der Waals surface area (Å²) in [7, 11) is 0. The number of aliphatic carboxylic acids is 1. The minimum absolute atomic E-state index is 0.116. The Bertz CT molecular complexity index is 1320. The topological polar surface area (TPSA) is 83.8 Å². The van der Waals surface area contributed by atoms with Gasteiger partial charge in [-0.25, -0.2) is 4.79 Å². The van der Waals surface area contributed by atoms with Crippen molar-refractivity contribution in [1.82, 2.24) is 0 Å². The van der Waals surface area contributed by atoms with Gasteiger partial charge in [0, 0.05) is 21.7 Å². The molecule has 0 aliphatic heterocycles. The lowest BCUT2D eigenvalue weighted by Crippen LogP contribution is -2.03. The van der Waals surface area contributed by atoms with Gasteiger partial charge in [-0.15, -0.1) is 11.3 Å². The summed E-state index contributed by atoms with van der Waals surface area (Å²) in [4.78, 5) is 24.5. The number of thiophene rings is 1. The number of benzene rings is 3. The molecule has 1 heterocycles. The SMILES string of the molecule is Cc1ccccc1C(=O)c1sc2cc(O)ccc2c1Oc1ccc(/C=C/C(=O)O)cc1. The van der Waals surface area contributed by atoms with Crippen LogP contribution in [0.3, 0.4) is 0 Å². The fourth-order valence-electron chi connectivity index (χ4n) is 3.19. The van der Waals surface area contributed by atoms with Gasteiger partial charge >= 0.3 is 5.97 Å². The zero-order valence-corrected chi connectivity index (χ0v) is 17.3. The van der Waals surface area contributed by atoms with E-state index in [1.165, 1.54) is 17.4 Å². The summed E-state index contributed by atoms with van der Waals surface area (Å²) in [6, 6.07) is 19.2. The van der Waals surface area contributed by atoms with Crippen molar-refractivity contribution in [1.29, 1.82) is 0 Å². The van der Waals surface area contributed by atoms with Crippen LogP contribution in [0.15, 0.2) is 72.8 Å². The molecular weight excluding hydrogens is 412 g/mol. The largest absolute Gasteiger partial charge is 0.508 e. The van der Waals surface area contributed by atoms with Crippen LogP contribution in [0, 0.1) is 6.92 Å². The maximum atomic E-state index is 13.3. The van der Waals surface area contributed by atoms with Crippen LogP contribution >= 0.6 is 11.3 Å². The molecule has 0 unspecified atom stereocenters. The molecule has 5 nitrogen and oxygen atoms in total. The monoisotopic (exact) mass is 430 g/mol. The van der Waals surface area contributed by atoms with E-state index >= 15 is 0 Å². The maximum Gasteiger partial charge on any atom is 0.328 e. The average Bonchev–Trinajstić information content (AvgIpc) is 3.10. The van der Waals surface area contributed by atoms with E-state index in [2.05, 4.69) is 0 Å². The Morgan fingerprint density at radius 1 is 1.00 bits per heavy atom. The van der Waals surface area contributed by atoms with Crippen LogP contribution in [-0.4, -0.2) is 22.0 Å². The van der Waals surface area contributed by atoms with Crippen LogP contribution in [0.2, 0.25) is 0 Å². The number of rotatable bonds is 6. The average molecular weight is 430 g/mol. The number of carbonyl (C=O) groups excluding carboxylic acids is 1. The van der Waals surface area contributed by atoms with Gasteiger partial charge in [0.25, 0.3) is 0 Å². The van der Waals surface area contributed by atoms with E-state index in [0.717, 1.165) is 21.7 Å². The molecule has 0 radical (unpaired) electrons. The zero-order valence-electron chi connectivity index (χ0n) is 16.5. The molecule has 1 aromatic heterocycles. The van der Waals surface area contributed by atoms with Crippen LogP contribution < -0.4 is 4.74 Å². The lowest BCUT2D eigenvalue weighted by Gasteiger charge is -2.09. The second-order valence-corrected chi connectivity index (χ2v) is 7.98. The molecule has 4 aromatic rings. The Kier molecular flexibility index (Phi) is 5.56. The molecular formula is C25H18O5S. The zero-order chi connectivity index (χ0) is 22.0. The van der Waals surface area contributed by atoms with E-state index in [4.69, 9.17) is 9.84 Å². The van der Waals surface area contributed by atoms with Gasteiger partial charge < -0.3 is 14.9 Å². The first-order chi connectivity index (χ1) is 14.9. The minimum atomic E-state index is -1.02. The van der Waals surface area contributed by atoms with E-state index < -0.39 is 5.97 Å². The first kappa shape index (κ1) is 20.4. The number of aryl methyl sites for hydroxylation is 1. The first-order valence-corrected chi connectivity index (χ1v) is 10.3. The lowest BCUT2D eigenvalue weighted by atomic mass is 10.0. The van der Waals surface area contributed by atoms with E-state index in [-0.39, 0.29) is 11.5 Å². The molecule has 0 spiro atoms. The third kappa shape index (κ3) is 4.34. The molecule has 4 rings (SSSR count). The van der Waals surface area contributed by atoms with Crippen LogP contribution in [0.5, 0.6) is 17.2 Å². The molecule has 3 aromatic carbocycles.